The van der Waals surface area contributed by atoms with Gasteiger partial charge in [0, 0.05) is 17.2 Å². The van der Waals surface area contributed by atoms with E-state index in [9.17, 15) is 8.42 Å². The minimum Gasteiger partial charge on any atom is -0.497 e. The van der Waals surface area contributed by atoms with Crippen molar-refractivity contribution in [3.63, 3.8) is 0 Å². The predicted molar refractivity (Wildman–Crippen MR) is 87.3 cm³/mol. The van der Waals surface area contributed by atoms with Crippen LogP contribution in [0.4, 0.5) is 0 Å². The topological polar surface area (TPSA) is 43.4 Å². The second kappa shape index (κ2) is 6.76. The lowest BCUT2D eigenvalue weighted by atomic mass is 9.73. The van der Waals surface area contributed by atoms with E-state index in [1.54, 1.807) is 7.11 Å². The summed E-state index contributed by atoms with van der Waals surface area (Å²) < 4.78 is 28.8. The van der Waals surface area contributed by atoms with Crippen LogP contribution in [0.25, 0.3) is 0 Å². The quantitative estimate of drug-likeness (QED) is 0.740. The fourth-order valence-corrected chi connectivity index (χ4v) is 5.81. The minimum atomic E-state index is -2.95. The van der Waals surface area contributed by atoms with Crippen molar-refractivity contribution in [2.75, 3.05) is 30.4 Å². The number of benzene rings is 1. The molecule has 0 spiro atoms. The van der Waals surface area contributed by atoms with Crippen LogP contribution in [0.1, 0.15) is 12.0 Å². The van der Waals surface area contributed by atoms with Crippen molar-refractivity contribution in [1.29, 1.82) is 0 Å². The molecule has 0 amide bonds. The van der Waals surface area contributed by atoms with Gasteiger partial charge in [0.1, 0.15) is 5.75 Å². The van der Waals surface area contributed by atoms with Crippen LogP contribution < -0.4 is 4.74 Å². The third-order valence-electron chi connectivity index (χ3n) is 4.32. The lowest BCUT2D eigenvalue weighted by Crippen LogP contribution is -2.37. The largest absolute Gasteiger partial charge is 0.497 e. The van der Waals surface area contributed by atoms with Gasteiger partial charge in [-0.25, -0.2) is 8.42 Å². The molecule has 1 unspecified atom stereocenters. The summed E-state index contributed by atoms with van der Waals surface area (Å²) in [7, 11) is -1.32. The van der Waals surface area contributed by atoms with Crippen LogP contribution in [-0.4, -0.2) is 38.8 Å². The van der Waals surface area contributed by atoms with Crippen molar-refractivity contribution in [2.45, 2.75) is 12.8 Å². The van der Waals surface area contributed by atoms with Gasteiger partial charge in [-0.1, -0.05) is 12.1 Å². The molecular formula is C15H20Cl2O3S. The number of rotatable bonds is 6. The molecule has 0 aliphatic carbocycles. The highest BCUT2D eigenvalue weighted by molar-refractivity contribution is 7.91. The van der Waals surface area contributed by atoms with E-state index in [2.05, 4.69) is 0 Å². The van der Waals surface area contributed by atoms with E-state index >= 15 is 0 Å². The fourth-order valence-electron chi connectivity index (χ4n) is 2.96. The second-order valence-electron chi connectivity index (χ2n) is 5.76. The van der Waals surface area contributed by atoms with Gasteiger partial charge in [0.2, 0.25) is 0 Å². The van der Waals surface area contributed by atoms with E-state index in [0.29, 0.717) is 24.6 Å². The van der Waals surface area contributed by atoms with Gasteiger partial charge in [0.05, 0.1) is 18.6 Å². The molecule has 1 aromatic carbocycles. The van der Waals surface area contributed by atoms with Crippen LogP contribution in [0.5, 0.6) is 5.75 Å². The van der Waals surface area contributed by atoms with Crippen LogP contribution in [0.3, 0.4) is 0 Å². The number of alkyl halides is 2. The number of sulfone groups is 1. The molecule has 118 valence electrons. The molecule has 0 radical (unpaired) electrons. The average molecular weight is 351 g/mol. The monoisotopic (exact) mass is 350 g/mol. The molecule has 1 heterocycles. The molecule has 6 heteroatoms. The Morgan fingerprint density at radius 1 is 1.33 bits per heavy atom. The summed E-state index contributed by atoms with van der Waals surface area (Å²) in [6.07, 6.45) is 1.31. The van der Waals surface area contributed by atoms with Crippen molar-refractivity contribution in [3.8, 4) is 5.75 Å². The standard InChI is InChI=1S/C15H20Cl2O3S/c1-20-14-4-2-3-12(7-14)8-15(10-16,11-17)13-5-6-21(18,19)9-13/h2-4,7,13H,5-6,8-11H2,1H3. The average Bonchev–Trinajstić information content (AvgIpc) is 2.85. The zero-order valence-electron chi connectivity index (χ0n) is 12.0. The number of hydrogen-bond acceptors (Lipinski definition) is 3. The molecule has 0 aromatic heterocycles. The van der Waals surface area contributed by atoms with Crippen molar-refractivity contribution in [1.82, 2.24) is 0 Å². The summed E-state index contributed by atoms with van der Waals surface area (Å²) in [5.41, 5.74) is 0.680. The molecule has 0 saturated carbocycles. The molecule has 3 nitrogen and oxygen atoms in total. The predicted octanol–water partition coefficient (Wildman–Crippen LogP) is 3.14. The molecule has 1 fully saturated rings. The highest BCUT2D eigenvalue weighted by Crippen LogP contribution is 2.41. The Morgan fingerprint density at radius 3 is 2.57 bits per heavy atom. The summed E-state index contributed by atoms with van der Waals surface area (Å²) in [6.45, 7) is 0. The van der Waals surface area contributed by atoms with Crippen molar-refractivity contribution in [2.24, 2.45) is 11.3 Å². The van der Waals surface area contributed by atoms with Crippen LogP contribution in [0.15, 0.2) is 24.3 Å². The molecule has 0 N–H and O–H groups in total. The smallest absolute Gasteiger partial charge is 0.150 e. The third-order valence-corrected chi connectivity index (χ3v) is 7.15. The molecule has 1 aliphatic heterocycles. The van der Waals surface area contributed by atoms with Crippen molar-refractivity contribution < 1.29 is 13.2 Å². The highest BCUT2D eigenvalue weighted by Gasteiger charge is 2.43. The maximum Gasteiger partial charge on any atom is 0.150 e. The van der Waals surface area contributed by atoms with Gasteiger partial charge >= 0.3 is 0 Å². The van der Waals surface area contributed by atoms with E-state index in [0.717, 1.165) is 11.3 Å². The first-order valence-electron chi connectivity index (χ1n) is 6.90. The molecular weight excluding hydrogens is 331 g/mol. The molecule has 1 aromatic rings. The van der Waals surface area contributed by atoms with Crippen LogP contribution in [0.2, 0.25) is 0 Å². The normalized spacial score (nSPS) is 21.4. The van der Waals surface area contributed by atoms with E-state index in [1.807, 2.05) is 24.3 Å². The Hall–Kier alpha value is -0.450. The highest BCUT2D eigenvalue weighted by atomic mass is 35.5. The van der Waals surface area contributed by atoms with Gasteiger partial charge in [-0.05, 0) is 36.5 Å². The van der Waals surface area contributed by atoms with Gasteiger partial charge in [0.25, 0.3) is 0 Å². The third kappa shape index (κ3) is 3.85. The molecule has 1 atom stereocenters. The Bertz CT molecular complexity index is 582. The first kappa shape index (κ1) is 16.9. The Morgan fingerprint density at radius 2 is 2.05 bits per heavy atom. The van der Waals surface area contributed by atoms with E-state index in [1.165, 1.54) is 0 Å². The van der Waals surface area contributed by atoms with E-state index in [4.69, 9.17) is 27.9 Å². The summed E-state index contributed by atoms with van der Waals surface area (Å²) in [4.78, 5) is 0. The molecule has 2 rings (SSSR count). The van der Waals surface area contributed by atoms with Gasteiger partial charge < -0.3 is 4.74 Å². The minimum absolute atomic E-state index is 0.0173. The second-order valence-corrected chi connectivity index (χ2v) is 8.52. The first-order valence-corrected chi connectivity index (χ1v) is 9.79. The summed E-state index contributed by atoms with van der Waals surface area (Å²) >= 11 is 12.4. The maximum atomic E-state index is 11.8. The molecule has 21 heavy (non-hydrogen) atoms. The summed E-state index contributed by atoms with van der Waals surface area (Å²) in [5.74, 6) is 1.94. The molecule has 1 aliphatic rings. The van der Waals surface area contributed by atoms with Gasteiger partial charge in [-0.15, -0.1) is 23.2 Å². The van der Waals surface area contributed by atoms with Crippen LogP contribution in [0, 0.1) is 11.3 Å². The van der Waals surface area contributed by atoms with E-state index < -0.39 is 9.84 Å². The Labute approximate surface area is 136 Å². The number of methoxy groups -OCH3 is 1. The Kier molecular flexibility index (Phi) is 5.44. The summed E-state index contributed by atoms with van der Waals surface area (Å²) in [5, 5.41) is 0. The van der Waals surface area contributed by atoms with Crippen molar-refractivity contribution in [3.05, 3.63) is 29.8 Å². The number of halogens is 2. The molecule has 0 bridgehead atoms. The number of hydrogen-bond donors (Lipinski definition) is 0. The molecule has 1 saturated heterocycles. The van der Waals surface area contributed by atoms with Gasteiger partial charge in [-0.2, -0.15) is 0 Å². The zero-order chi connectivity index (χ0) is 15.5. The maximum absolute atomic E-state index is 11.8. The first-order chi connectivity index (χ1) is 9.94. The van der Waals surface area contributed by atoms with Crippen LogP contribution >= 0.6 is 23.2 Å². The van der Waals surface area contributed by atoms with E-state index in [-0.39, 0.29) is 22.8 Å². The SMILES string of the molecule is COc1cccc(CC(CCl)(CCl)C2CCS(=O)(=O)C2)c1. The summed E-state index contributed by atoms with van der Waals surface area (Å²) in [6, 6.07) is 7.76. The lowest BCUT2D eigenvalue weighted by molar-refractivity contribution is 0.244. The van der Waals surface area contributed by atoms with Gasteiger partial charge in [0.15, 0.2) is 9.84 Å². The Balaban J connectivity index is 2.25. The fraction of sp³-hybridized carbons (Fsp3) is 0.600. The van der Waals surface area contributed by atoms with Crippen LogP contribution in [-0.2, 0) is 16.3 Å². The number of ether oxygens (including phenoxy) is 1. The zero-order valence-corrected chi connectivity index (χ0v) is 14.3. The van der Waals surface area contributed by atoms with Gasteiger partial charge in [-0.3, -0.25) is 0 Å². The van der Waals surface area contributed by atoms with Crippen molar-refractivity contribution >= 4 is 33.0 Å². The lowest BCUT2D eigenvalue weighted by Gasteiger charge is -2.35.